The van der Waals surface area contributed by atoms with Crippen LogP contribution in [0.2, 0.25) is 0 Å². The summed E-state index contributed by atoms with van der Waals surface area (Å²) in [7, 11) is 1.47. The molecule has 0 fully saturated rings. The third kappa shape index (κ3) is 7.58. The Morgan fingerprint density at radius 1 is 1.15 bits per heavy atom. The summed E-state index contributed by atoms with van der Waals surface area (Å²) in [4.78, 5) is 49.7. The van der Waals surface area contributed by atoms with Crippen LogP contribution in [0.25, 0.3) is 11.4 Å². The van der Waals surface area contributed by atoms with E-state index in [4.69, 9.17) is 9.47 Å². The summed E-state index contributed by atoms with van der Waals surface area (Å²) in [6.45, 7) is 5.24. The standard InChI is InChI=1S/C29H36N6O5/c1-20(2)16-24-28(37)32-11-14-34-13-10-31-27(34)21-6-4-7-23(17-21)40-15-5-12-35(19-25(36)33-24)29(38)22-8-9-30-26(18-22)39-3/h4,6-10,13,17-18,20,24H,5,11-12,14-16,19H2,1-3H3,(H,32,37)(H,33,36)/t24-/m1/s1. The third-order valence-corrected chi connectivity index (χ3v) is 6.47. The molecule has 0 spiro atoms. The second-order valence-electron chi connectivity index (χ2n) is 10.0. The number of ether oxygens (including phenoxy) is 2. The molecule has 1 atom stereocenters. The van der Waals surface area contributed by atoms with Gasteiger partial charge in [-0.25, -0.2) is 9.97 Å². The molecule has 0 saturated carbocycles. The molecule has 0 radical (unpaired) electrons. The van der Waals surface area contributed by atoms with E-state index in [1.165, 1.54) is 24.3 Å². The normalized spacial score (nSPS) is 17.1. The zero-order valence-electron chi connectivity index (χ0n) is 23.1. The lowest BCUT2D eigenvalue weighted by Gasteiger charge is -2.25. The number of aromatic nitrogens is 3. The molecule has 1 aliphatic heterocycles. The van der Waals surface area contributed by atoms with Crippen LogP contribution in [0.4, 0.5) is 0 Å². The summed E-state index contributed by atoms with van der Waals surface area (Å²) in [5.41, 5.74) is 1.24. The molecule has 11 heteroatoms. The molecule has 4 rings (SSSR count). The first-order valence-corrected chi connectivity index (χ1v) is 13.4. The maximum Gasteiger partial charge on any atom is 0.254 e. The van der Waals surface area contributed by atoms with E-state index in [0.717, 1.165) is 11.4 Å². The minimum atomic E-state index is -0.730. The number of carbonyl (C=O) groups is 3. The number of methoxy groups -OCH3 is 1. The summed E-state index contributed by atoms with van der Waals surface area (Å²) in [5, 5.41) is 5.79. The van der Waals surface area contributed by atoms with Crippen molar-refractivity contribution in [2.75, 3.05) is 33.4 Å². The van der Waals surface area contributed by atoms with Gasteiger partial charge in [-0.05, 0) is 37.0 Å². The molecule has 2 aromatic heterocycles. The van der Waals surface area contributed by atoms with Crippen LogP contribution in [0.5, 0.6) is 11.6 Å². The van der Waals surface area contributed by atoms with E-state index >= 15 is 0 Å². The smallest absolute Gasteiger partial charge is 0.254 e. The Morgan fingerprint density at radius 2 is 2.00 bits per heavy atom. The van der Waals surface area contributed by atoms with Gasteiger partial charge in [-0.1, -0.05) is 26.0 Å². The summed E-state index contributed by atoms with van der Waals surface area (Å²) >= 11 is 0. The van der Waals surface area contributed by atoms with Crippen LogP contribution in [-0.2, 0) is 16.1 Å². The van der Waals surface area contributed by atoms with Crippen molar-refractivity contribution >= 4 is 17.7 Å². The molecule has 0 saturated heterocycles. The molecule has 2 N–H and O–H groups in total. The highest BCUT2D eigenvalue weighted by Crippen LogP contribution is 2.23. The molecule has 3 amide bonds. The molecule has 11 nitrogen and oxygen atoms in total. The van der Waals surface area contributed by atoms with Gasteiger partial charge in [0, 0.05) is 55.4 Å². The maximum atomic E-state index is 13.4. The summed E-state index contributed by atoms with van der Waals surface area (Å²) < 4.78 is 13.1. The summed E-state index contributed by atoms with van der Waals surface area (Å²) in [5.74, 6) is 0.877. The van der Waals surface area contributed by atoms with Gasteiger partial charge >= 0.3 is 0 Å². The highest BCUT2D eigenvalue weighted by Gasteiger charge is 2.25. The van der Waals surface area contributed by atoms with Gasteiger partial charge in [0.15, 0.2) is 0 Å². The lowest BCUT2D eigenvalue weighted by molar-refractivity contribution is -0.129. The lowest BCUT2D eigenvalue weighted by atomic mass is 10.0. The van der Waals surface area contributed by atoms with Gasteiger partial charge < -0.3 is 29.6 Å². The fourth-order valence-corrected chi connectivity index (χ4v) is 4.55. The molecule has 1 aliphatic rings. The molecular weight excluding hydrogens is 512 g/mol. The Morgan fingerprint density at radius 3 is 2.80 bits per heavy atom. The average molecular weight is 549 g/mol. The minimum absolute atomic E-state index is 0.167. The van der Waals surface area contributed by atoms with Crippen LogP contribution in [0.1, 0.15) is 37.0 Å². The monoisotopic (exact) mass is 548 g/mol. The zero-order valence-corrected chi connectivity index (χ0v) is 23.1. The van der Waals surface area contributed by atoms with E-state index in [-0.39, 0.29) is 30.8 Å². The first-order chi connectivity index (χ1) is 19.3. The molecule has 212 valence electrons. The number of amides is 3. The topological polar surface area (TPSA) is 128 Å². The summed E-state index contributed by atoms with van der Waals surface area (Å²) in [6, 6.07) is 10.0. The van der Waals surface area contributed by atoms with Crippen molar-refractivity contribution in [3.8, 4) is 23.0 Å². The van der Waals surface area contributed by atoms with Gasteiger partial charge in [0.2, 0.25) is 17.7 Å². The van der Waals surface area contributed by atoms with E-state index in [1.807, 2.05) is 48.9 Å². The molecule has 3 aromatic rings. The first kappa shape index (κ1) is 28.6. The van der Waals surface area contributed by atoms with Crippen LogP contribution in [0, 0.1) is 5.92 Å². The van der Waals surface area contributed by atoms with Gasteiger partial charge in [-0.15, -0.1) is 0 Å². The Hall–Kier alpha value is -4.41. The van der Waals surface area contributed by atoms with Crippen molar-refractivity contribution in [1.29, 1.82) is 0 Å². The van der Waals surface area contributed by atoms with Gasteiger partial charge in [-0.2, -0.15) is 0 Å². The second-order valence-corrected chi connectivity index (χ2v) is 10.0. The Labute approximate surface area is 233 Å². The van der Waals surface area contributed by atoms with Crippen molar-refractivity contribution in [3.63, 3.8) is 0 Å². The number of pyridine rings is 1. The number of carbonyl (C=O) groups excluding carboxylic acids is 3. The third-order valence-electron chi connectivity index (χ3n) is 6.47. The number of hydrogen-bond acceptors (Lipinski definition) is 7. The van der Waals surface area contributed by atoms with Crippen LogP contribution in [-0.4, -0.2) is 76.5 Å². The minimum Gasteiger partial charge on any atom is -0.494 e. The predicted octanol–water partition coefficient (Wildman–Crippen LogP) is 2.53. The van der Waals surface area contributed by atoms with Crippen molar-refractivity contribution in [3.05, 3.63) is 60.6 Å². The number of nitrogens with one attached hydrogen (secondary N) is 2. The number of fused-ring (bicyclic) bond motifs is 4. The molecular formula is C29H36N6O5. The van der Waals surface area contributed by atoms with Crippen LogP contribution in [0.3, 0.4) is 0 Å². The van der Waals surface area contributed by atoms with Crippen molar-refractivity contribution in [2.45, 2.75) is 39.3 Å². The van der Waals surface area contributed by atoms with Crippen LogP contribution in [0.15, 0.2) is 55.0 Å². The highest BCUT2D eigenvalue weighted by molar-refractivity contribution is 5.97. The number of rotatable bonds is 4. The fraction of sp³-hybridized carbons (Fsp3) is 0.414. The number of imidazole rings is 1. The molecule has 1 aromatic carbocycles. The van der Waals surface area contributed by atoms with Gasteiger partial charge in [0.05, 0.1) is 20.3 Å². The highest BCUT2D eigenvalue weighted by atomic mass is 16.5. The first-order valence-electron chi connectivity index (χ1n) is 13.4. The van der Waals surface area contributed by atoms with Crippen LogP contribution >= 0.6 is 0 Å². The fourth-order valence-electron chi connectivity index (χ4n) is 4.55. The Balaban J connectivity index is 1.59. The average Bonchev–Trinajstić information content (AvgIpc) is 3.42. The SMILES string of the molecule is COc1cc(C(=O)N2CCCOc3cccc(c3)-c3nccn3CCNC(=O)[C@@H](CC(C)C)NC(=O)C2)ccn1. The Bertz CT molecular complexity index is 1320. The maximum absolute atomic E-state index is 13.4. The van der Waals surface area contributed by atoms with E-state index in [0.29, 0.717) is 49.7 Å². The van der Waals surface area contributed by atoms with Crippen molar-refractivity contribution < 1.29 is 23.9 Å². The lowest BCUT2D eigenvalue weighted by Crippen LogP contribution is -2.51. The zero-order chi connectivity index (χ0) is 28.5. The van der Waals surface area contributed by atoms with Gasteiger partial charge in [0.1, 0.15) is 17.6 Å². The van der Waals surface area contributed by atoms with Crippen LogP contribution < -0.4 is 20.1 Å². The van der Waals surface area contributed by atoms with Crippen molar-refractivity contribution in [1.82, 2.24) is 30.1 Å². The number of benzene rings is 1. The molecule has 3 heterocycles. The summed E-state index contributed by atoms with van der Waals surface area (Å²) in [6.07, 6.45) is 6.02. The largest absolute Gasteiger partial charge is 0.494 e. The number of hydrogen-bond donors (Lipinski definition) is 2. The molecule has 2 bridgehead atoms. The Kier molecular flexibility index (Phi) is 9.71. The van der Waals surface area contributed by atoms with E-state index in [9.17, 15) is 14.4 Å². The predicted molar refractivity (Wildman–Crippen MR) is 149 cm³/mol. The van der Waals surface area contributed by atoms with E-state index in [2.05, 4.69) is 20.6 Å². The van der Waals surface area contributed by atoms with Gasteiger partial charge in [0.25, 0.3) is 5.91 Å². The quantitative estimate of drug-likeness (QED) is 0.513. The van der Waals surface area contributed by atoms with E-state index in [1.54, 1.807) is 12.3 Å². The number of nitrogens with zero attached hydrogens (tertiary/aromatic N) is 4. The van der Waals surface area contributed by atoms with Gasteiger partial charge in [-0.3, -0.25) is 14.4 Å². The molecule has 0 aliphatic carbocycles. The van der Waals surface area contributed by atoms with E-state index < -0.39 is 11.9 Å². The molecule has 40 heavy (non-hydrogen) atoms. The van der Waals surface area contributed by atoms with Crippen molar-refractivity contribution in [2.24, 2.45) is 5.92 Å². The second kappa shape index (κ2) is 13.6. The molecule has 0 unspecified atom stereocenters.